The smallest absolute Gasteiger partial charge is 0.126 e. The van der Waals surface area contributed by atoms with Crippen LogP contribution in [0.1, 0.15) is 11.3 Å². The van der Waals surface area contributed by atoms with E-state index >= 15 is 0 Å². The van der Waals surface area contributed by atoms with Crippen LogP contribution in [-0.4, -0.2) is 18.2 Å². The van der Waals surface area contributed by atoms with Crippen LogP contribution < -0.4 is 10.5 Å². The number of rotatable bonds is 4. The number of hydrogen-bond donors (Lipinski definition) is 1. The molecule has 3 rings (SSSR count). The summed E-state index contributed by atoms with van der Waals surface area (Å²) in [6, 6.07) is 14.8. The van der Waals surface area contributed by atoms with E-state index in [0.717, 1.165) is 17.7 Å². The predicted octanol–water partition coefficient (Wildman–Crippen LogP) is 3.66. The topological polar surface area (TPSA) is 40.2 Å². The normalized spacial score (nSPS) is 11.1. The molecular weight excluding hydrogens is 272 g/mol. The molecule has 1 heterocycles. The Morgan fingerprint density at radius 2 is 1.91 bits per heavy atom. The van der Waals surface area contributed by atoms with Crippen molar-refractivity contribution in [3.05, 3.63) is 53.7 Å². The number of fused-ring (bicyclic) bond motifs is 1. The van der Waals surface area contributed by atoms with Gasteiger partial charge in [0.15, 0.2) is 0 Å². The van der Waals surface area contributed by atoms with Crippen LogP contribution in [-0.2, 0) is 13.5 Å². The van der Waals surface area contributed by atoms with E-state index < -0.39 is 0 Å². The second-order valence-electron chi connectivity index (χ2n) is 5.61. The minimum atomic E-state index is 0.653. The Labute approximate surface area is 131 Å². The van der Waals surface area contributed by atoms with Crippen LogP contribution in [0.2, 0.25) is 0 Å². The average molecular weight is 294 g/mol. The van der Waals surface area contributed by atoms with Crippen LogP contribution in [0.15, 0.2) is 42.5 Å². The first kappa shape index (κ1) is 14.7. The molecule has 0 saturated heterocycles. The second-order valence-corrected chi connectivity index (χ2v) is 5.61. The number of nitrogens with zero attached hydrogens (tertiary/aromatic N) is 1. The van der Waals surface area contributed by atoms with Crippen molar-refractivity contribution in [3.63, 3.8) is 0 Å². The maximum atomic E-state index is 5.71. The average Bonchev–Trinajstić information content (AvgIpc) is 2.79. The molecule has 2 aromatic carbocycles. The first-order chi connectivity index (χ1) is 10.7. The summed E-state index contributed by atoms with van der Waals surface area (Å²) in [5.74, 6) is 0.903. The number of aryl methyl sites for hydroxylation is 1. The van der Waals surface area contributed by atoms with E-state index in [4.69, 9.17) is 10.5 Å². The van der Waals surface area contributed by atoms with Gasteiger partial charge in [-0.15, -0.1) is 0 Å². The molecule has 0 atom stereocenters. The molecular formula is C19H22N2O. The zero-order valence-corrected chi connectivity index (χ0v) is 13.4. The van der Waals surface area contributed by atoms with Crippen molar-refractivity contribution in [2.45, 2.75) is 13.3 Å². The zero-order valence-electron chi connectivity index (χ0n) is 13.4. The molecule has 114 valence electrons. The van der Waals surface area contributed by atoms with Crippen LogP contribution in [0, 0.1) is 6.92 Å². The molecule has 0 bridgehead atoms. The van der Waals surface area contributed by atoms with Gasteiger partial charge < -0.3 is 15.0 Å². The lowest BCUT2D eigenvalue weighted by atomic mass is 9.98. The zero-order chi connectivity index (χ0) is 15.7. The highest BCUT2D eigenvalue weighted by Crippen LogP contribution is 2.39. The molecule has 0 spiro atoms. The SMILES string of the molecule is COc1ccc(CCN)cc1-c1c(C)n(C)c2ccccc12. The molecule has 0 aliphatic carbocycles. The van der Waals surface area contributed by atoms with Gasteiger partial charge in [0.1, 0.15) is 5.75 Å². The standard InChI is InChI=1S/C19H22N2O/c1-13-19(15-6-4-5-7-17(15)21(13)2)16-12-14(10-11-20)8-9-18(16)22-3/h4-9,12H,10-11,20H2,1-3H3. The molecule has 0 aliphatic heterocycles. The number of benzene rings is 2. The molecule has 3 aromatic rings. The predicted molar refractivity (Wildman–Crippen MR) is 92.4 cm³/mol. The summed E-state index contributed by atoms with van der Waals surface area (Å²) in [5, 5.41) is 1.26. The maximum absolute atomic E-state index is 5.71. The molecule has 0 radical (unpaired) electrons. The van der Waals surface area contributed by atoms with Crippen LogP contribution in [0.25, 0.3) is 22.0 Å². The molecule has 0 amide bonds. The number of ether oxygens (including phenoxy) is 1. The molecule has 0 aliphatic rings. The fourth-order valence-corrected chi connectivity index (χ4v) is 3.13. The second kappa shape index (κ2) is 5.85. The molecule has 3 nitrogen and oxygen atoms in total. The fraction of sp³-hybridized carbons (Fsp3) is 0.263. The lowest BCUT2D eigenvalue weighted by molar-refractivity contribution is 0.416. The van der Waals surface area contributed by atoms with Crippen LogP contribution in [0.3, 0.4) is 0 Å². The van der Waals surface area contributed by atoms with Gasteiger partial charge in [0.25, 0.3) is 0 Å². The highest BCUT2D eigenvalue weighted by Gasteiger charge is 2.17. The number of nitrogens with two attached hydrogens (primary N) is 1. The minimum Gasteiger partial charge on any atom is -0.496 e. The van der Waals surface area contributed by atoms with Crippen LogP contribution in [0.4, 0.5) is 0 Å². The quantitative estimate of drug-likeness (QED) is 0.797. The van der Waals surface area contributed by atoms with Gasteiger partial charge in [0, 0.05) is 34.8 Å². The van der Waals surface area contributed by atoms with Crippen molar-refractivity contribution in [2.24, 2.45) is 12.8 Å². The summed E-state index contributed by atoms with van der Waals surface area (Å²) in [6.07, 6.45) is 0.876. The van der Waals surface area contributed by atoms with Gasteiger partial charge in [0.05, 0.1) is 7.11 Å². The Bertz CT molecular complexity index is 818. The van der Waals surface area contributed by atoms with Gasteiger partial charge in [-0.2, -0.15) is 0 Å². The first-order valence-electron chi connectivity index (χ1n) is 7.58. The summed E-state index contributed by atoms with van der Waals surface area (Å²) in [7, 11) is 3.83. The Morgan fingerprint density at radius 3 is 2.64 bits per heavy atom. The highest BCUT2D eigenvalue weighted by molar-refractivity contribution is 5.99. The van der Waals surface area contributed by atoms with Crippen molar-refractivity contribution in [1.82, 2.24) is 4.57 Å². The van der Waals surface area contributed by atoms with E-state index in [1.807, 2.05) is 6.07 Å². The largest absolute Gasteiger partial charge is 0.496 e. The molecule has 0 unspecified atom stereocenters. The Morgan fingerprint density at radius 1 is 1.14 bits per heavy atom. The lowest BCUT2D eigenvalue weighted by Gasteiger charge is -2.12. The third-order valence-electron chi connectivity index (χ3n) is 4.37. The minimum absolute atomic E-state index is 0.653. The van der Waals surface area contributed by atoms with Gasteiger partial charge in [-0.3, -0.25) is 0 Å². The molecule has 1 aromatic heterocycles. The Kier molecular flexibility index (Phi) is 3.90. The number of para-hydroxylation sites is 1. The van der Waals surface area contributed by atoms with Gasteiger partial charge in [-0.05, 0) is 43.7 Å². The Balaban J connectivity index is 2.31. The monoisotopic (exact) mass is 294 g/mol. The number of methoxy groups -OCH3 is 1. The van der Waals surface area contributed by atoms with Crippen LogP contribution >= 0.6 is 0 Å². The summed E-state index contributed by atoms with van der Waals surface area (Å²) >= 11 is 0. The van der Waals surface area contributed by atoms with E-state index in [2.05, 4.69) is 54.9 Å². The molecule has 22 heavy (non-hydrogen) atoms. The maximum Gasteiger partial charge on any atom is 0.126 e. The number of hydrogen-bond acceptors (Lipinski definition) is 2. The van der Waals surface area contributed by atoms with Gasteiger partial charge >= 0.3 is 0 Å². The first-order valence-corrected chi connectivity index (χ1v) is 7.58. The van der Waals surface area contributed by atoms with Gasteiger partial charge in [-0.25, -0.2) is 0 Å². The molecule has 2 N–H and O–H groups in total. The van der Waals surface area contributed by atoms with Gasteiger partial charge in [-0.1, -0.05) is 24.3 Å². The van der Waals surface area contributed by atoms with E-state index in [0.29, 0.717) is 6.54 Å². The summed E-state index contributed by atoms with van der Waals surface area (Å²) in [4.78, 5) is 0. The molecule has 0 fully saturated rings. The van der Waals surface area contributed by atoms with E-state index in [9.17, 15) is 0 Å². The molecule has 0 saturated carbocycles. The van der Waals surface area contributed by atoms with Gasteiger partial charge in [0.2, 0.25) is 0 Å². The Hall–Kier alpha value is -2.26. The van der Waals surface area contributed by atoms with Crippen molar-refractivity contribution >= 4 is 10.9 Å². The van der Waals surface area contributed by atoms with E-state index in [-0.39, 0.29) is 0 Å². The summed E-state index contributed by atoms with van der Waals surface area (Å²) in [5.41, 5.74) is 11.8. The molecule has 3 heteroatoms. The third kappa shape index (κ3) is 2.28. The third-order valence-corrected chi connectivity index (χ3v) is 4.37. The fourth-order valence-electron chi connectivity index (χ4n) is 3.13. The van der Waals surface area contributed by atoms with Crippen LogP contribution in [0.5, 0.6) is 5.75 Å². The van der Waals surface area contributed by atoms with Crippen molar-refractivity contribution in [1.29, 1.82) is 0 Å². The van der Waals surface area contributed by atoms with E-state index in [1.165, 1.54) is 27.7 Å². The highest BCUT2D eigenvalue weighted by atomic mass is 16.5. The van der Waals surface area contributed by atoms with E-state index in [1.54, 1.807) is 7.11 Å². The summed E-state index contributed by atoms with van der Waals surface area (Å²) in [6.45, 7) is 2.81. The number of aromatic nitrogens is 1. The van der Waals surface area contributed by atoms with Crippen molar-refractivity contribution in [2.75, 3.05) is 13.7 Å². The van der Waals surface area contributed by atoms with Crippen molar-refractivity contribution < 1.29 is 4.74 Å². The van der Waals surface area contributed by atoms with Crippen molar-refractivity contribution in [3.8, 4) is 16.9 Å². The summed E-state index contributed by atoms with van der Waals surface area (Å²) < 4.78 is 7.84. The lowest BCUT2D eigenvalue weighted by Crippen LogP contribution is -2.03.